The van der Waals surface area contributed by atoms with E-state index in [-0.39, 0.29) is 35.4 Å². The largest absolute Gasteiger partial charge is 0.365 e. The summed E-state index contributed by atoms with van der Waals surface area (Å²) in [6.45, 7) is 9.20. The number of nitrogens with zero attached hydrogens (tertiary/aromatic N) is 2. The molecule has 5 nitrogen and oxygen atoms in total. The van der Waals surface area contributed by atoms with Gasteiger partial charge in [-0.1, -0.05) is 32.9 Å². The molecule has 1 aromatic rings. The highest BCUT2D eigenvalue weighted by Gasteiger charge is 2.34. The van der Waals surface area contributed by atoms with Gasteiger partial charge in [-0.25, -0.2) is 8.42 Å². The highest BCUT2D eigenvalue weighted by Crippen LogP contribution is 2.25. The van der Waals surface area contributed by atoms with Gasteiger partial charge in [0.25, 0.3) is 0 Å². The SMILES string of the molecule is CCN(C(=O)CN(C)c1ccc(C(C)(C)C)cc1)C1CCS(=O)(=O)C1. The molecule has 1 amide bonds. The van der Waals surface area contributed by atoms with Crippen LogP contribution in [0.3, 0.4) is 0 Å². The second-order valence-electron chi connectivity index (χ2n) is 7.89. The van der Waals surface area contributed by atoms with Crippen LogP contribution in [0.25, 0.3) is 0 Å². The van der Waals surface area contributed by atoms with Gasteiger partial charge in [0.2, 0.25) is 5.91 Å². The molecular formula is C19H30N2O3S. The summed E-state index contributed by atoms with van der Waals surface area (Å²) in [5, 5.41) is 0. The van der Waals surface area contributed by atoms with Crippen LogP contribution in [0.5, 0.6) is 0 Å². The number of sulfone groups is 1. The third kappa shape index (κ3) is 4.97. The van der Waals surface area contributed by atoms with Gasteiger partial charge in [0, 0.05) is 25.3 Å². The molecule has 0 aromatic heterocycles. The topological polar surface area (TPSA) is 57.7 Å². The first-order valence-corrected chi connectivity index (χ1v) is 10.7. The van der Waals surface area contributed by atoms with Crippen molar-refractivity contribution in [3.63, 3.8) is 0 Å². The number of amides is 1. The Labute approximate surface area is 151 Å². The minimum Gasteiger partial charge on any atom is -0.365 e. The number of anilines is 1. The second kappa shape index (κ2) is 7.36. The Bertz CT molecular complexity index is 705. The van der Waals surface area contributed by atoms with Crippen molar-refractivity contribution in [3.8, 4) is 0 Å². The monoisotopic (exact) mass is 366 g/mol. The fraction of sp³-hybridized carbons (Fsp3) is 0.632. The van der Waals surface area contributed by atoms with Crippen LogP contribution in [0, 0.1) is 0 Å². The summed E-state index contributed by atoms with van der Waals surface area (Å²) in [6, 6.07) is 8.07. The minimum atomic E-state index is -2.99. The molecule has 0 saturated carbocycles. The van der Waals surface area contributed by atoms with Crippen LogP contribution in [0.4, 0.5) is 5.69 Å². The van der Waals surface area contributed by atoms with Crippen LogP contribution >= 0.6 is 0 Å². The molecule has 1 saturated heterocycles. The number of benzene rings is 1. The number of rotatable bonds is 5. The molecule has 2 rings (SSSR count). The maximum atomic E-state index is 12.7. The van der Waals surface area contributed by atoms with E-state index in [2.05, 4.69) is 32.9 Å². The van der Waals surface area contributed by atoms with E-state index in [1.165, 1.54) is 5.56 Å². The zero-order valence-electron chi connectivity index (χ0n) is 15.9. The van der Waals surface area contributed by atoms with Crippen molar-refractivity contribution in [3.05, 3.63) is 29.8 Å². The van der Waals surface area contributed by atoms with E-state index in [1.807, 2.05) is 31.0 Å². The van der Waals surface area contributed by atoms with E-state index < -0.39 is 9.84 Å². The Morgan fingerprint density at radius 1 is 1.20 bits per heavy atom. The predicted molar refractivity (Wildman–Crippen MR) is 103 cm³/mol. The van der Waals surface area contributed by atoms with Gasteiger partial charge in [-0.3, -0.25) is 4.79 Å². The lowest BCUT2D eigenvalue weighted by atomic mass is 9.87. The van der Waals surface area contributed by atoms with Gasteiger partial charge in [-0.15, -0.1) is 0 Å². The third-order valence-electron chi connectivity index (χ3n) is 4.86. The van der Waals surface area contributed by atoms with Crippen molar-refractivity contribution in [1.29, 1.82) is 0 Å². The number of carbonyl (C=O) groups excluding carboxylic acids is 1. The summed E-state index contributed by atoms with van der Waals surface area (Å²) in [4.78, 5) is 16.3. The van der Waals surface area contributed by atoms with Crippen LogP contribution in [-0.2, 0) is 20.0 Å². The summed E-state index contributed by atoms with van der Waals surface area (Å²) < 4.78 is 23.4. The Hall–Kier alpha value is -1.56. The Kier molecular flexibility index (Phi) is 5.82. The van der Waals surface area contributed by atoms with Crippen LogP contribution in [0.2, 0.25) is 0 Å². The molecule has 1 heterocycles. The van der Waals surface area contributed by atoms with Crippen LogP contribution < -0.4 is 4.90 Å². The molecule has 1 aromatic carbocycles. The molecule has 25 heavy (non-hydrogen) atoms. The molecule has 1 unspecified atom stereocenters. The molecule has 1 fully saturated rings. The number of hydrogen-bond acceptors (Lipinski definition) is 4. The quantitative estimate of drug-likeness (QED) is 0.803. The number of hydrogen-bond donors (Lipinski definition) is 0. The van der Waals surface area contributed by atoms with E-state index >= 15 is 0 Å². The first-order chi connectivity index (χ1) is 11.5. The molecule has 0 radical (unpaired) electrons. The standard InChI is InChI=1S/C19H30N2O3S/c1-6-21(17-11-12-25(23,24)14-17)18(22)13-20(5)16-9-7-15(8-10-16)19(2,3)4/h7-10,17H,6,11-14H2,1-5H3. The van der Waals surface area contributed by atoms with Gasteiger partial charge in [0.15, 0.2) is 9.84 Å². The molecule has 0 N–H and O–H groups in total. The summed E-state index contributed by atoms with van der Waals surface area (Å²) in [5.41, 5.74) is 2.33. The normalized spacial score (nSPS) is 19.6. The third-order valence-corrected chi connectivity index (χ3v) is 6.61. The lowest BCUT2D eigenvalue weighted by molar-refractivity contribution is -0.131. The highest BCUT2D eigenvalue weighted by molar-refractivity contribution is 7.91. The maximum absolute atomic E-state index is 12.7. The fourth-order valence-corrected chi connectivity index (χ4v) is 4.99. The Balaban J connectivity index is 2.03. The van der Waals surface area contributed by atoms with Crippen LogP contribution in [-0.4, -0.2) is 56.9 Å². The van der Waals surface area contributed by atoms with Gasteiger partial charge in [-0.2, -0.15) is 0 Å². The Morgan fingerprint density at radius 3 is 2.24 bits per heavy atom. The molecule has 140 valence electrons. The van der Waals surface area contributed by atoms with Crippen LogP contribution in [0.1, 0.15) is 39.7 Å². The first kappa shape index (κ1) is 19.8. The van der Waals surface area contributed by atoms with Crippen molar-refractivity contribution in [1.82, 2.24) is 4.90 Å². The van der Waals surface area contributed by atoms with E-state index in [1.54, 1.807) is 4.90 Å². The van der Waals surface area contributed by atoms with Gasteiger partial charge >= 0.3 is 0 Å². The molecule has 6 heteroatoms. The minimum absolute atomic E-state index is 0.0213. The molecule has 1 atom stereocenters. The molecule has 1 aliphatic heterocycles. The molecule has 0 spiro atoms. The van der Waals surface area contributed by atoms with Crippen molar-refractivity contribution < 1.29 is 13.2 Å². The van der Waals surface area contributed by atoms with Crippen molar-refractivity contribution in [2.24, 2.45) is 0 Å². The zero-order valence-corrected chi connectivity index (χ0v) is 16.8. The van der Waals surface area contributed by atoms with Gasteiger partial charge < -0.3 is 9.80 Å². The molecule has 0 bridgehead atoms. The van der Waals surface area contributed by atoms with E-state index in [0.29, 0.717) is 13.0 Å². The first-order valence-electron chi connectivity index (χ1n) is 8.85. The molecule has 1 aliphatic rings. The lowest BCUT2D eigenvalue weighted by Crippen LogP contribution is -2.45. The average Bonchev–Trinajstić information content (AvgIpc) is 2.87. The molecule has 0 aliphatic carbocycles. The van der Waals surface area contributed by atoms with E-state index in [9.17, 15) is 13.2 Å². The highest BCUT2D eigenvalue weighted by atomic mass is 32.2. The van der Waals surface area contributed by atoms with Crippen LogP contribution in [0.15, 0.2) is 24.3 Å². The van der Waals surface area contributed by atoms with Crippen molar-refractivity contribution in [2.75, 3.05) is 36.5 Å². The number of carbonyl (C=O) groups is 1. The van der Waals surface area contributed by atoms with Crippen molar-refractivity contribution >= 4 is 21.4 Å². The number of likely N-dealkylation sites (N-methyl/N-ethyl adjacent to an activating group) is 2. The van der Waals surface area contributed by atoms with Gasteiger partial charge in [-0.05, 0) is 36.5 Å². The van der Waals surface area contributed by atoms with Gasteiger partial charge in [0.1, 0.15) is 0 Å². The second-order valence-corrected chi connectivity index (χ2v) is 10.1. The fourth-order valence-electron chi connectivity index (χ4n) is 3.26. The summed E-state index contributed by atoms with van der Waals surface area (Å²) in [5.74, 6) is 0.259. The summed E-state index contributed by atoms with van der Waals surface area (Å²) in [7, 11) is -1.10. The molecular weight excluding hydrogens is 336 g/mol. The lowest BCUT2D eigenvalue weighted by Gasteiger charge is -2.30. The smallest absolute Gasteiger partial charge is 0.242 e. The van der Waals surface area contributed by atoms with Crippen molar-refractivity contribution in [2.45, 2.75) is 45.6 Å². The summed E-state index contributed by atoms with van der Waals surface area (Å²) >= 11 is 0. The summed E-state index contributed by atoms with van der Waals surface area (Å²) in [6.07, 6.45) is 0.548. The predicted octanol–water partition coefficient (Wildman–Crippen LogP) is 2.46. The average molecular weight is 367 g/mol. The maximum Gasteiger partial charge on any atom is 0.242 e. The van der Waals surface area contributed by atoms with E-state index in [4.69, 9.17) is 0 Å². The zero-order chi connectivity index (χ0) is 18.8. The Morgan fingerprint density at radius 2 is 1.80 bits per heavy atom. The van der Waals surface area contributed by atoms with E-state index in [0.717, 1.165) is 5.69 Å². The van der Waals surface area contributed by atoms with Gasteiger partial charge in [0.05, 0.1) is 18.1 Å².